The maximum atomic E-state index is 5.68. The summed E-state index contributed by atoms with van der Waals surface area (Å²) in [6.07, 6.45) is 8.30. The van der Waals surface area contributed by atoms with Crippen LogP contribution in [0.1, 0.15) is 45.4 Å². The van der Waals surface area contributed by atoms with Crippen molar-refractivity contribution in [3.63, 3.8) is 0 Å². The molecule has 14 heavy (non-hydrogen) atoms. The lowest BCUT2D eigenvalue weighted by Crippen LogP contribution is -2.51. The molecule has 0 aromatic carbocycles. The fourth-order valence-electron chi connectivity index (χ4n) is 3.14. The van der Waals surface area contributed by atoms with Crippen LogP contribution in [-0.2, 0) is 0 Å². The summed E-state index contributed by atoms with van der Waals surface area (Å²) in [4.78, 5) is 2.76. The van der Waals surface area contributed by atoms with E-state index in [9.17, 15) is 0 Å². The third-order valence-corrected chi connectivity index (χ3v) is 3.99. The largest absolute Gasteiger partial charge is 0.330 e. The molecule has 2 rings (SSSR count). The fraction of sp³-hybridized carbons (Fsp3) is 1.00. The monoisotopic (exact) mass is 196 g/mol. The van der Waals surface area contributed by atoms with Gasteiger partial charge in [-0.3, -0.25) is 4.90 Å². The van der Waals surface area contributed by atoms with Crippen molar-refractivity contribution in [3.05, 3.63) is 0 Å². The Balaban J connectivity index is 1.86. The lowest BCUT2D eigenvalue weighted by Gasteiger charge is -2.47. The molecular weight excluding hydrogens is 172 g/mol. The van der Waals surface area contributed by atoms with Crippen LogP contribution in [0.4, 0.5) is 0 Å². The van der Waals surface area contributed by atoms with Gasteiger partial charge >= 0.3 is 0 Å². The summed E-state index contributed by atoms with van der Waals surface area (Å²) in [6, 6.07) is 1.72. The molecule has 2 N–H and O–H groups in total. The molecular formula is C12H24N2. The molecule has 1 aliphatic heterocycles. The van der Waals surface area contributed by atoms with E-state index in [-0.39, 0.29) is 0 Å². The van der Waals surface area contributed by atoms with E-state index >= 15 is 0 Å². The number of nitrogens with two attached hydrogens (primary N) is 1. The van der Waals surface area contributed by atoms with Crippen LogP contribution in [0.25, 0.3) is 0 Å². The molecule has 2 heteroatoms. The summed E-state index contributed by atoms with van der Waals surface area (Å²) < 4.78 is 0. The standard InChI is InChI=1S/C12H24N2/c1-10-8-12(9-10)14-7-3-2-4-11(14)5-6-13/h10-12H,2-9,13H2,1H3. The molecule has 0 aromatic heterocycles. The number of rotatable bonds is 3. The van der Waals surface area contributed by atoms with Gasteiger partial charge in [-0.25, -0.2) is 0 Å². The molecule has 1 aliphatic carbocycles. The minimum Gasteiger partial charge on any atom is -0.330 e. The van der Waals surface area contributed by atoms with Crippen LogP contribution < -0.4 is 5.73 Å². The van der Waals surface area contributed by atoms with Gasteiger partial charge in [0.1, 0.15) is 0 Å². The maximum absolute atomic E-state index is 5.68. The van der Waals surface area contributed by atoms with E-state index in [1.807, 2.05) is 0 Å². The average molecular weight is 196 g/mol. The summed E-state index contributed by atoms with van der Waals surface area (Å²) in [5, 5.41) is 0. The Hall–Kier alpha value is -0.0800. The Labute approximate surface area is 87.8 Å². The Morgan fingerprint density at radius 3 is 2.71 bits per heavy atom. The van der Waals surface area contributed by atoms with Crippen molar-refractivity contribution in [2.75, 3.05) is 13.1 Å². The zero-order valence-electron chi connectivity index (χ0n) is 9.41. The maximum Gasteiger partial charge on any atom is 0.0110 e. The van der Waals surface area contributed by atoms with Crippen molar-refractivity contribution in [2.45, 2.75) is 57.5 Å². The van der Waals surface area contributed by atoms with Gasteiger partial charge in [0.05, 0.1) is 0 Å². The van der Waals surface area contributed by atoms with E-state index in [1.165, 1.54) is 45.1 Å². The third-order valence-electron chi connectivity index (χ3n) is 3.99. The number of piperidine rings is 1. The lowest BCUT2D eigenvalue weighted by atomic mass is 9.79. The first-order valence-electron chi connectivity index (χ1n) is 6.27. The smallest absolute Gasteiger partial charge is 0.0110 e. The van der Waals surface area contributed by atoms with Crippen molar-refractivity contribution < 1.29 is 0 Å². The number of likely N-dealkylation sites (tertiary alicyclic amines) is 1. The second-order valence-electron chi connectivity index (χ2n) is 5.20. The molecule has 1 unspecified atom stereocenters. The first-order valence-corrected chi connectivity index (χ1v) is 6.27. The van der Waals surface area contributed by atoms with E-state index in [2.05, 4.69) is 11.8 Å². The van der Waals surface area contributed by atoms with Crippen LogP contribution in [0.3, 0.4) is 0 Å². The molecule has 0 amide bonds. The SMILES string of the molecule is CC1CC(N2CCCCC2CCN)C1. The Kier molecular flexibility index (Phi) is 3.45. The minimum absolute atomic E-state index is 0.811. The third kappa shape index (κ3) is 2.12. The van der Waals surface area contributed by atoms with Crippen LogP contribution in [0, 0.1) is 5.92 Å². The molecule has 1 atom stereocenters. The molecule has 1 saturated heterocycles. The molecule has 0 aromatic rings. The number of hydrogen-bond donors (Lipinski definition) is 1. The predicted octanol–water partition coefficient (Wildman–Crippen LogP) is 1.99. The van der Waals surface area contributed by atoms with Crippen molar-refractivity contribution in [2.24, 2.45) is 11.7 Å². The molecule has 2 fully saturated rings. The topological polar surface area (TPSA) is 29.3 Å². The first-order chi connectivity index (χ1) is 6.81. The van der Waals surface area contributed by atoms with Crippen molar-refractivity contribution in [3.8, 4) is 0 Å². The van der Waals surface area contributed by atoms with Gasteiger partial charge in [0.2, 0.25) is 0 Å². The number of nitrogens with zero attached hydrogens (tertiary/aromatic N) is 1. The van der Waals surface area contributed by atoms with E-state index < -0.39 is 0 Å². The van der Waals surface area contributed by atoms with Crippen LogP contribution >= 0.6 is 0 Å². The van der Waals surface area contributed by atoms with E-state index in [0.717, 1.165) is 24.5 Å². The predicted molar refractivity (Wildman–Crippen MR) is 60.2 cm³/mol. The Morgan fingerprint density at radius 1 is 1.29 bits per heavy atom. The zero-order chi connectivity index (χ0) is 9.97. The summed E-state index contributed by atoms with van der Waals surface area (Å²) in [5.41, 5.74) is 5.68. The summed E-state index contributed by atoms with van der Waals surface area (Å²) in [5.74, 6) is 0.973. The first kappa shape index (κ1) is 10.4. The summed E-state index contributed by atoms with van der Waals surface area (Å²) in [6.45, 7) is 4.57. The second-order valence-corrected chi connectivity index (χ2v) is 5.20. The van der Waals surface area contributed by atoms with Crippen molar-refractivity contribution >= 4 is 0 Å². The van der Waals surface area contributed by atoms with E-state index in [0.29, 0.717) is 0 Å². The van der Waals surface area contributed by atoms with E-state index in [1.54, 1.807) is 0 Å². The van der Waals surface area contributed by atoms with Gasteiger partial charge in [0.15, 0.2) is 0 Å². The molecule has 1 heterocycles. The van der Waals surface area contributed by atoms with Crippen molar-refractivity contribution in [1.82, 2.24) is 4.90 Å². The van der Waals surface area contributed by atoms with Crippen molar-refractivity contribution in [1.29, 1.82) is 0 Å². The van der Waals surface area contributed by atoms with Crippen LogP contribution in [-0.4, -0.2) is 30.1 Å². The molecule has 0 bridgehead atoms. The molecule has 0 radical (unpaired) electrons. The summed E-state index contributed by atoms with van der Waals surface area (Å²) >= 11 is 0. The quantitative estimate of drug-likeness (QED) is 0.748. The van der Waals surface area contributed by atoms with Gasteiger partial charge in [0.25, 0.3) is 0 Å². The molecule has 0 spiro atoms. The lowest BCUT2D eigenvalue weighted by molar-refractivity contribution is 0.0234. The molecule has 2 aliphatic rings. The van der Waals surface area contributed by atoms with Crippen LogP contribution in [0.5, 0.6) is 0 Å². The van der Waals surface area contributed by atoms with Gasteiger partial charge in [-0.15, -0.1) is 0 Å². The van der Waals surface area contributed by atoms with Crippen LogP contribution in [0.2, 0.25) is 0 Å². The van der Waals surface area contributed by atoms with Gasteiger partial charge in [-0.1, -0.05) is 13.3 Å². The van der Waals surface area contributed by atoms with Gasteiger partial charge < -0.3 is 5.73 Å². The zero-order valence-corrected chi connectivity index (χ0v) is 9.41. The van der Waals surface area contributed by atoms with Gasteiger partial charge in [-0.05, 0) is 51.1 Å². The van der Waals surface area contributed by atoms with E-state index in [4.69, 9.17) is 5.73 Å². The molecule has 82 valence electrons. The normalized spacial score (nSPS) is 39.4. The average Bonchev–Trinajstić information content (AvgIpc) is 2.15. The highest BCUT2D eigenvalue weighted by atomic mass is 15.2. The number of hydrogen-bond acceptors (Lipinski definition) is 2. The van der Waals surface area contributed by atoms with Gasteiger partial charge in [-0.2, -0.15) is 0 Å². The fourth-order valence-corrected chi connectivity index (χ4v) is 3.14. The molecule has 1 saturated carbocycles. The highest BCUT2D eigenvalue weighted by molar-refractivity contribution is 4.90. The van der Waals surface area contributed by atoms with Gasteiger partial charge in [0, 0.05) is 12.1 Å². The van der Waals surface area contributed by atoms with Crippen LogP contribution in [0.15, 0.2) is 0 Å². The Morgan fingerprint density at radius 2 is 2.07 bits per heavy atom. The minimum atomic E-state index is 0.811. The highest BCUT2D eigenvalue weighted by Crippen LogP contribution is 2.35. The second kappa shape index (κ2) is 4.63. The Bertz CT molecular complexity index is 173. The molecule has 2 nitrogen and oxygen atoms in total. The summed E-state index contributed by atoms with van der Waals surface area (Å²) in [7, 11) is 0. The highest BCUT2D eigenvalue weighted by Gasteiger charge is 2.35.